The number of rotatable bonds is 14. The maximum Gasteiger partial charge on any atom is 0.00343 e. The lowest BCUT2D eigenvalue weighted by atomic mass is 10.1. The molecule has 0 saturated heterocycles. The molecule has 0 amide bonds. The van der Waals surface area contributed by atoms with Crippen LogP contribution in [0, 0.1) is 0 Å². The van der Waals surface area contributed by atoms with Crippen molar-refractivity contribution in [3.63, 3.8) is 0 Å². The number of hydrogen-bond acceptors (Lipinski definition) is 1. The van der Waals surface area contributed by atoms with Crippen molar-refractivity contribution in [3.05, 3.63) is 0 Å². The van der Waals surface area contributed by atoms with E-state index in [0.717, 1.165) is 0 Å². The number of hydrogen-bond donors (Lipinski definition) is 1. The molecule has 0 rings (SSSR count). The van der Waals surface area contributed by atoms with E-state index in [4.69, 9.17) is 24.1 Å². The summed E-state index contributed by atoms with van der Waals surface area (Å²) in [5.74, 6) is 0. The van der Waals surface area contributed by atoms with Gasteiger partial charge in [0.15, 0.2) is 0 Å². The second-order valence-electron chi connectivity index (χ2n) is 5.83. The molecule has 0 atom stereocenters. The SMILES string of the molecule is CCCCCCCCP(=S)(S)CCCCCCCC. The summed E-state index contributed by atoms with van der Waals surface area (Å²) < 4.78 is 0. The highest BCUT2D eigenvalue weighted by molar-refractivity contribution is 8.63. The Hall–Kier alpha value is 1.00. The molecule has 0 aliphatic carbocycles. The first kappa shape index (κ1) is 20.0. The zero-order valence-corrected chi connectivity index (χ0v) is 15.8. The summed E-state index contributed by atoms with van der Waals surface area (Å²) in [7, 11) is 0. The van der Waals surface area contributed by atoms with Crippen LogP contribution >= 0.6 is 17.5 Å². The van der Waals surface area contributed by atoms with E-state index in [-0.39, 0.29) is 0 Å². The first-order chi connectivity index (χ1) is 9.12. The van der Waals surface area contributed by atoms with Gasteiger partial charge in [0.1, 0.15) is 0 Å². The van der Waals surface area contributed by atoms with Crippen LogP contribution in [0.5, 0.6) is 0 Å². The van der Waals surface area contributed by atoms with Crippen molar-refractivity contribution in [2.45, 2.75) is 90.9 Å². The van der Waals surface area contributed by atoms with Gasteiger partial charge in [-0.1, -0.05) is 89.9 Å². The standard InChI is InChI=1S/C16H35PS2/c1-3-5-7-9-11-13-15-17(18,19)16-14-12-10-8-6-4-2/h3-16H2,1-2H3,(H,18,19). The fraction of sp³-hybridized carbons (Fsp3) is 1.00. The minimum absolute atomic E-state index is 1.23. The van der Waals surface area contributed by atoms with Gasteiger partial charge in [-0.2, -0.15) is 0 Å². The fourth-order valence-corrected chi connectivity index (χ4v) is 5.67. The van der Waals surface area contributed by atoms with Crippen LogP contribution in [-0.2, 0) is 11.8 Å². The van der Waals surface area contributed by atoms with Crippen molar-refractivity contribution in [2.24, 2.45) is 0 Å². The van der Waals surface area contributed by atoms with Crippen LogP contribution in [0.2, 0.25) is 0 Å². The average Bonchev–Trinajstić information content (AvgIpc) is 2.38. The average molecular weight is 323 g/mol. The van der Waals surface area contributed by atoms with Crippen LogP contribution in [0.25, 0.3) is 0 Å². The molecule has 0 aliphatic rings. The topological polar surface area (TPSA) is 0 Å². The molecule has 19 heavy (non-hydrogen) atoms. The Morgan fingerprint density at radius 3 is 1.32 bits per heavy atom. The van der Waals surface area contributed by atoms with Crippen LogP contribution in [-0.4, -0.2) is 12.3 Å². The Morgan fingerprint density at radius 2 is 0.947 bits per heavy atom. The highest BCUT2D eigenvalue weighted by Crippen LogP contribution is 2.52. The van der Waals surface area contributed by atoms with Gasteiger partial charge < -0.3 is 0 Å². The van der Waals surface area contributed by atoms with Crippen molar-refractivity contribution in [2.75, 3.05) is 12.3 Å². The molecule has 0 radical (unpaired) electrons. The molecule has 0 unspecified atom stereocenters. The zero-order valence-electron chi connectivity index (χ0n) is 13.2. The normalized spacial score (nSPS) is 11.9. The van der Waals surface area contributed by atoms with Gasteiger partial charge in [-0.3, -0.25) is 0 Å². The quantitative estimate of drug-likeness (QED) is 0.203. The van der Waals surface area contributed by atoms with Crippen LogP contribution in [0.3, 0.4) is 0 Å². The fourth-order valence-electron chi connectivity index (χ4n) is 2.39. The molecule has 116 valence electrons. The molecule has 0 fully saturated rings. The van der Waals surface area contributed by atoms with E-state index >= 15 is 0 Å². The van der Waals surface area contributed by atoms with Crippen LogP contribution in [0.15, 0.2) is 0 Å². The van der Waals surface area contributed by atoms with Crippen LogP contribution in [0.4, 0.5) is 0 Å². The third-order valence-electron chi connectivity index (χ3n) is 3.72. The van der Waals surface area contributed by atoms with Crippen molar-refractivity contribution in [1.29, 1.82) is 0 Å². The van der Waals surface area contributed by atoms with Gasteiger partial charge in [0.25, 0.3) is 0 Å². The van der Waals surface area contributed by atoms with Crippen molar-refractivity contribution in [1.82, 2.24) is 0 Å². The molecule has 0 bridgehead atoms. The lowest BCUT2D eigenvalue weighted by Gasteiger charge is -2.15. The molecular weight excluding hydrogens is 287 g/mol. The van der Waals surface area contributed by atoms with Crippen molar-refractivity contribution < 1.29 is 0 Å². The Bertz CT molecular complexity index is 209. The molecule has 0 aromatic heterocycles. The van der Waals surface area contributed by atoms with E-state index in [0.29, 0.717) is 0 Å². The minimum Gasteiger partial charge on any atom is -0.141 e. The third kappa shape index (κ3) is 15.2. The summed E-state index contributed by atoms with van der Waals surface area (Å²) in [5.41, 5.74) is 0. The molecular formula is C16H35PS2. The summed E-state index contributed by atoms with van der Waals surface area (Å²) in [6.07, 6.45) is 18.9. The first-order valence-corrected chi connectivity index (χ1v) is 12.8. The van der Waals surface area contributed by atoms with Gasteiger partial charge in [-0.15, -0.1) is 12.2 Å². The summed E-state index contributed by atoms with van der Waals surface area (Å²) in [5, 5.41) is -1.28. The number of unbranched alkanes of at least 4 members (excludes halogenated alkanes) is 10. The van der Waals surface area contributed by atoms with Crippen molar-refractivity contribution >= 4 is 29.3 Å². The Morgan fingerprint density at radius 1 is 0.632 bits per heavy atom. The van der Waals surface area contributed by atoms with E-state index in [1.807, 2.05) is 0 Å². The summed E-state index contributed by atoms with van der Waals surface area (Å²) in [6, 6.07) is 0. The second kappa shape index (κ2) is 14.0. The predicted octanol–water partition coefficient (Wildman–Crippen LogP) is 7.03. The predicted molar refractivity (Wildman–Crippen MR) is 99.8 cm³/mol. The van der Waals surface area contributed by atoms with Gasteiger partial charge in [-0.25, -0.2) is 0 Å². The molecule has 0 nitrogen and oxygen atoms in total. The molecule has 0 spiro atoms. The minimum atomic E-state index is -1.28. The van der Waals surface area contributed by atoms with Gasteiger partial charge in [0.05, 0.1) is 0 Å². The van der Waals surface area contributed by atoms with E-state index in [9.17, 15) is 0 Å². The lowest BCUT2D eigenvalue weighted by molar-refractivity contribution is 0.622. The summed E-state index contributed by atoms with van der Waals surface area (Å²) in [6.45, 7) is 4.54. The Balaban J connectivity index is 3.39. The lowest BCUT2D eigenvalue weighted by Crippen LogP contribution is -1.92. The zero-order chi connectivity index (χ0) is 14.4. The van der Waals surface area contributed by atoms with E-state index in [1.165, 1.54) is 89.4 Å². The Labute approximate surface area is 132 Å². The molecule has 0 aliphatic heterocycles. The maximum atomic E-state index is 5.72. The second-order valence-corrected chi connectivity index (χ2v) is 13.6. The highest BCUT2D eigenvalue weighted by atomic mass is 32.9. The monoisotopic (exact) mass is 322 g/mol. The van der Waals surface area contributed by atoms with Gasteiger partial charge >= 0.3 is 0 Å². The van der Waals surface area contributed by atoms with E-state index in [2.05, 4.69) is 13.8 Å². The molecule has 0 saturated carbocycles. The summed E-state index contributed by atoms with van der Waals surface area (Å²) >= 11 is 10.5. The summed E-state index contributed by atoms with van der Waals surface area (Å²) in [4.78, 5) is 0. The third-order valence-corrected chi connectivity index (χ3v) is 8.05. The molecule has 0 heterocycles. The number of thiol groups is 1. The first-order valence-electron chi connectivity index (χ1n) is 8.43. The van der Waals surface area contributed by atoms with Gasteiger partial charge in [-0.05, 0) is 25.2 Å². The van der Waals surface area contributed by atoms with Gasteiger partial charge in [0, 0.05) is 5.24 Å². The maximum absolute atomic E-state index is 5.72. The highest BCUT2D eigenvalue weighted by Gasteiger charge is 2.10. The Kier molecular flexibility index (Phi) is 14.7. The van der Waals surface area contributed by atoms with Gasteiger partial charge in [0.2, 0.25) is 0 Å². The van der Waals surface area contributed by atoms with E-state index < -0.39 is 5.24 Å². The van der Waals surface area contributed by atoms with Crippen LogP contribution in [0.1, 0.15) is 90.9 Å². The smallest absolute Gasteiger partial charge is 0.00343 e. The molecule has 0 N–H and O–H groups in total. The largest absolute Gasteiger partial charge is 0.141 e. The van der Waals surface area contributed by atoms with E-state index in [1.54, 1.807) is 0 Å². The van der Waals surface area contributed by atoms with Crippen LogP contribution < -0.4 is 0 Å². The molecule has 0 aromatic carbocycles. The van der Waals surface area contributed by atoms with Crippen molar-refractivity contribution in [3.8, 4) is 0 Å². The molecule has 0 aromatic rings. The molecule has 3 heteroatoms.